The molecular formula is C10H10N2O4. The zero-order valence-electron chi connectivity index (χ0n) is 8.80. The average molecular weight is 222 g/mol. The summed E-state index contributed by atoms with van der Waals surface area (Å²) in [6.07, 6.45) is 1.33. The lowest BCUT2D eigenvalue weighted by Gasteiger charge is -2.01. The molecule has 2 rings (SSSR count). The molecule has 0 spiro atoms. The number of ether oxygens (including phenoxy) is 1. The monoisotopic (exact) mass is 222 g/mol. The third kappa shape index (κ3) is 1.54. The van der Waals surface area contributed by atoms with E-state index in [9.17, 15) is 4.79 Å². The zero-order valence-corrected chi connectivity index (χ0v) is 8.80. The van der Waals surface area contributed by atoms with Gasteiger partial charge in [0, 0.05) is 6.07 Å². The highest BCUT2D eigenvalue weighted by molar-refractivity contribution is 5.89. The second-order valence-corrected chi connectivity index (χ2v) is 3.16. The van der Waals surface area contributed by atoms with Crippen molar-refractivity contribution in [2.75, 3.05) is 7.11 Å². The van der Waals surface area contributed by atoms with Crippen molar-refractivity contribution in [2.45, 2.75) is 6.92 Å². The molecule has 0 fully saturated rings. The first-order valence-corrected chi connectivity index (χ1v) is 4.55. The van der Waals surface area contributed by atoms with Crippen LogP contribution in [0.2, 0.25) is 0 Å². The lowest BCUT2D eigenvalue weighted by molar-refractivity contribution is 0.0682. The van der Waals surface area contributed by atoms with Crippen molar-refractivity contribution in [1.82, 2.24) is 9.78 Å². The molecule has 0 amide bonds. The van der Waals surface area contributed by atoms with Gasteiger partial charge in [0.2, 0.25) is 5.88 Å². The van der Waals surface area contributed by atoms with Gasteiger partial charge >= 0.3 is 5.97 Å². The summed E-state index contributed by atoms with van der Waals surface area (Å²) in [5.74, 6) is 0.101. The van der Waals surface area contributed by atoms with Gasteiger partial charge in [-0.25, -0.2) is 4.79 Å². The highest BCUT2D eigenvalue weighted by atomic mass is 16.5. The summed E-state index contributed by atoms with van der Waals surface area (Å²) in [5, 5.41) is 13.0. The summed E-state index contributed by atoms with van der Waals surface area (Å²) in [5.41, 5.74) is -0.0585. The van der Waals surface area contributed by atoms with E-state index in [0.717, 1.165) is 0 Å². The minimum atomic E-state index is -1.12. The van der Waals surface area contributed by atoms with Crippen LogP contribution in [-0.4, -0.2) is 28.0 Å². The molecule has 2 heterocycles. The molecule has 1 N–H and O–H groups in total. The smallest absolute Gasteiger partial charge is 0.358 e. The van der Waals surface area contributed by atoms with E-state index in [-0.39, 0.29) is 11.4 Å². The fraction of sp³-hybridized carbons (Fsp3) is 0.200. The van der Waals surface area contributed by atoms with Crippen LogP contribution in [0.3, 0.4) is 0 Å². The molecule has 0 unspecified atom stereocenters. The molecule has 6 nitrogen and oxygen atoms in total. The molecule has 0 aliphatic heterocycles. The Morgan fingerprint density at radius 3 is 2.81 bits per heavy atom. The van der Waals surface area contributed by atoms with Crippen LogP contribution in [0.5, 0.6) is 5.75 Å². The van der Waals surface area contributed by atoms with E-state index in [1.54, 1.807) is 19.1 Å². The Morgan fingerprint density at radius 1 is 1.56 bits per heavy atom. The molecule has 0 bridgehead atoms. The molecule has 84 valence electrons. The molecule has 0 saturated carbocycles. The van der Waals surface area contributed by atoms with Crippen molar-refractivity contribution in [3.63, 3.8) is 0 Å². The van der Waals surface area contributed by atoms with Crippen LogP contribution >= 0.6 is 0 Å². The van der Waals surface area contributed by atoms with E-state index >= 15 is 0 Å². The predicted octanol–water partition coefficient (Wildman–Crippen LogP) is 1.48. The fourth-order valence-electron chi connectivity index (χ4n) is 1.38. The number of nitrogens with zero attached hydrogens (tertiary/aromatic N) is 2. The number of aryl methyl sites for hydroxylation is 1. The molecule has 0 atom stereocenters. The quantitative estimate of drug-likeness (QED) is 0.851. The maximum Gasteiger partial charge on any atom is 0.358 e. The van der Waals surface area contributed by atoms with E-state index < -0.39 is 5.97 Å². The number of methoxy groups -OCH3 is 1. The Morgan fingerprint density at radius 2 is 2.31 bits per heavy atom. The number of carboxylic acids is 1. The first-order chi connectivity index (χ1) is 7.63. The van der Waals surface area contributed by atoms with E-state index in [1.807, 2.05) is 0 Å². The van der Waals surface area contributed by atoms with Crippen molar-refractivity contribution in [1.29, 1.82) is 0 Å². The van der Waals surface area contributed by atoms with Crippen LogP contribution in [0.1, 0.15) is 16.2 Å². The average Bonchev–Trinajstić information content (AvgIpc) is 2.82. The number of furan rings is 1. The maximum atomic E-state index is 11.1. The second kappa shape index (κ2) is 3.73. The predicted molar refractivity (Wildman–Crippen MR) is 54.1 cm³/mol. The number of hydrogen-bond acceptors (Lipinski definition) is 4. The Hall–Kier alpha value is -2.24. The SMILES string of the molecule is COc1cnn(-c2ccc(C)o2)c1C(=O)O. The number of carboxylic acid groups (broad SMARTS) is 1. The first kappa shape index (κ1) is 10.3. The summed E-state index contributed by atoms with van der Waals surface area (Å²) in [4.78, 5) is 11.1. The van der Waals surface area contributed by atoms with E-state index in [2.05, 4.69) is 5.10 Å². The molecule has 6 heteroatoms. The van der Waals surface area contributed by atoms with Crippen molar-refractivity contribution >= 4 is 5.97 Å². The highest BCUT2D eigenvalue weighted by Crippen LogP contribution is 2.22. The number of rotatable bonds is 3. The van der Waals surface area contributed by atoms with Gasteiger partial charge in [0.25, 0.3) is 0 Å². The van der Waals surface area contributed by atoms with Gasteiger partial charge in [0.1, 0.15) is 5.76 Å². The van der Waals surface area contributed by atoms with Crippen molar-refractivity contribution < 1.29 is 19.1 Å². The van der Waals surface area contributed by atoms with Gasteiger partial charge in [0.05, 0.1) is 13.3 Å². The summed E-state index contributed by atoms with van der Waals surface area (Å²) >= 11 is 0. The van der Waals surface area contributed by atoms with Crippen molar-refractivity contribution in [3.05, 3.63) is 29.8 Å². The molecule has 0 saturated heterocycles. The molecule has 0 aliphatic rings. The number of aromatic nitrogens is 2. The summed E-state index contributed by atoms with van der Waals surface area (Å²) in [7, 11) is 1.39. The van der Waals surface area contributed by atoms with Gasteiger partial charge in [-0.2, -0.15) is 9.78 Å². The van der Waals surface area contributed by atoms with Crippen LogP contribution in [0.4, 0.5) is 0 Å². The first-order valence-electron chi connectivity index (χ1n) is 4.55. The van der Waals surface area contributed by atoms with Gasteiger partial charge in [-0.3, -0.25) is 0 Å². The minimum absolute atomic E-state index is 0.0585. The molecule has 2 aromatic rings. The van der Waals surface area contributed by atoms with Gasteiger partial charge < -0.3 is 14.3 Å². The summed E-state index contributed by atoms with van der Waals surface area (Å²) < 4.78 is 11.4. The van der Waals surface area contributed by atoms with Crippen molar-refractivity contribution in [2.24, 2.45) is 0 Å². The topological polar surface area (TPSA) is 77.5 Å². The molecule has 0 radical (unpaired) electrons. The van der Waals surface area contributed by atoms with E-state index in [4.69, 9.17) is 14.3 Å². The van der Waals surface area contributed by atoms with Crippen LogP contribution < -0.4 is 4.74 Å². The van der Waals surface area contributed by atoms with Crippen LogP contribution in [0, 0.1) is 6.92 Å². The Bertz CT molecular complexity index is 527. The fourth-order valence-corrected chi connectivity index (χ4v) is 1.38. The second-order valence-electron chi connectivity index (χ2n) is 3.16. The summed E-state index contributed by atoms with van der Waals surface area (Å²) in [6, 6.07) is 3.38. The Labute approximate surface area is 91.1 Å². The minimum Gasteiger partial charge on any atom is -0.493 e. The van der Waals surface area contributed by atoms with Crippen LogP contribution in [0.15, 0.2) is 22.7 Å². The van der Waals surface area contributed by atoms with Crippen LogP contribution in [0.25, 0.3) is 5.88 Å². The lowest BCUT2D eigenvalue weighted by atomic mass is 10.4. The van der Waals surface area contributed by atoms with E-state index in [1.165, 1.54) is 18.0 Å². The van der Waals surface area contributed by atoms with E-state index in [0.29, 0.717) is 11.6 Å². The molecule has 0 aliphatic carbocycles. The Kier molecular flexibility index (Phi) is 2.40. The molecule has 16 heavy (non-hydrogen) atoms. The molecular weight excluding hydrogens is 212 g/mol. The largest absolute Gasteiger partial charge is 0.493 e. The number of aromatic carboxylic acids is 1. The Balaban J connectivity index is 2.57. The summed E-state index contributed by atoms with van der Waals surface area (Å²) in [6.45, 7) is 1.77. The van der Waals surface area contributed by atoms with Gasteiger partial charge in [-0.15, -0.1) is 0 Å². The third-order valence-corrected chi connectivity index (χ3v) is 2.09. The zero-order chi connectivity index (χ0) is 11.7. The van der Waals surface area contributed by atoms with Crippen molar-refractivity contribution in [3.8, 4) is 11.6 Å². The van der Waals surface area contributed by atoms with Gasteiger partial charge in [-0.1, -0.05) is 0 Å². The molecule has 2 aromatic heterocycles. The number of carbonyl (C=O) groups is 1. The highest BCUT2D eigenvalue weighted by Gasteiger charge is 2.21. The van der Waals surface area contributed by atoms with Gasteiger partial charge in [-0.05, 0) is 13.0 Å². The van der Waals surface area contributed by atoms with Crippen LogP contribution in [-0.2, 0) is 0 Å². The normalized spacial score (nSPS) is 10.4. The molecule has 0 aromatic carbocycles. The third-order valence-electron chi connectivity index (χ3n) is 2.09. The van der Waals surface area contributed by atoms with Gasteiger partial charge in [0.15, 0.2) is 11.4 Å². The standard InChI is InChI=1S/C10H10N2O4/c1-6-3-4-8(16-6)12-9(10(13)14)7(15-2)5-11-12/h3-5H,1-2H3,(H,13,14). The maximum absolute atomic E-state index is 11.1. The number of hydrogen-bond donors (Lipinski definition) is 1. The lowest BCUT2D eigenvalue weighted by Crippen LogP contribution is -2.08.